The Morgan fingerprint density at radius 3 is 2.35 bits per heavy atom. The number of benzene rings is 1. The van der Waals surface area contributed by atoms with E-state index in [2.05, 4.69) is 4.74 Å². The Kier molecular flexibility index (Phi) is 3.69. The zero-order chi connectivity index (χ0) is 13.1. The van der Waals surface area contributed by atoms with Crippen molar-refractivity contribution in [3.8, 4) is 0 Å². The van der Waals surface area contributed by atoms with Crippen LogP contribution in [-0.4, -0.2) is 25.6 Å². The van der Waals surface area contributed by atoms with Crippen LogP contribution in [0.4, 0.5) is 5.69 Å². The van der Waals surface area contributed by atoms with Crippen molar-refractivity contribution in [3.05, 3.63) is 45.7 Å². The summed E-state index contributed by atoms with van der Waals surface area (Å²) >= 11 is 0. The van der Waals surface area contributed by atoms with Gasteiger partial charge in [0.05, 0.1) is 16.9 Å². The number of aliphatic hydroxyl groups is 1. The van der Waals surface area contributed by atoms with E-state index < -0.39 is 20.7 Å². The number of nitrogens with zero attached hydrogens (tertiary/aromatic N) is 1. The summed E-state index contributed by atoms with van der Waals surface area (Å²) in [4.78, 5) is 9.56. The maximum Gasteiger partial charge on any atom is 0.288 e. The zero-order valence-electron chi connectivity index (χ0n) is 8.73. The zero-order valence-corrected chi connectivity index (χ0v) is 9.55. The van der Waals surface area contributed by atoms with E-state index in [9.17, 15) is 18.5 Å². The molecule has 0 aliphatic carbocycles. The molecule has 1 aromatic carbocycles. The SMILES string of the molecule is CO/C(O)=C/S(=O)(=O)c1ccc([N+](=O)[O-])cc1. The third kappa shape index (κ3) is 3.18. The van der Waals surface area contributed by atoms with Gasteiger partial charge in [-0.2, -0.15) is 0 Å². The van der Waals surface area contributed by atoms with Crippen LogP contribution in [0.1, 0.15) is 0 Å². The van der Waals surface area contributed by atoms with Gasteiger partial charge in [0.25, 0.3) is 11.6 Å². The second-order valence-electron chi connectivity index (χ2n) is 2.96. The molecule has 0 aliphatic rings. The molecule has 1 N–H and O–H groups in total. The lowest BCUT2D eigenvalue weighted by molar-refractivity contribution is -0.384. The molecule has 0 heterocycles. The van der Waals surface area contributed by atoms with E-state index >= 15 is 0 Å². The van der Waals surface area contributed by atoms with Crippen LogP contribution in [0.5, 0.6) is 0 Å². The minimum atomic E-state index is -3.87. The third-order valence-electron chi connectivity index (χ3n) is 1.84. The summed E-state index contributed by atoms with van der Waals surface area (Å²) in [5.41, 5.74) is -0.219. The highest BCUT2D eigenvalue weighted by atomic mass is 32.2. The number of nitro groups is 1. The average molecular weight is 259 g/mol. The molecule has 0 amide bonds. The predicted octanol–water partition coefficient (Wildman–Crippen LogP) is 1.37. The maximum absolute atomic E-state index is 11.6. The Morgan fingerprint density at radius 1 is 1.41 bits per heavy atom. The van der Waals surface area contributed by atoms with Crippen molar-refractivity contribution in [1.82, 2.24) is 0 Å². The molecule has 0 atom stereocenters. The maximum atomic E-state index is 11.6. The van der Waals surface area contributed by atoms with E-state index in [1.807, 2.05) is 0 Å². The quantitative estimate of drug-likeness (QED) is 0.497. The van der Waals surface area contributed by atoms with Gasteiger partial charge in [-0.25, -0.2) is 8.42 Å². The Hall–Kier alpha value is -2.09. The molecule has 0 bridgehead atoms. The van der Waals surface area contributed by atoms with E-state index in [-0.39, 0.29) is 10.6 Å². The highest BCUT2D eigenvalue weighted by Gasteiger charge is 2.15. The van der Waals surface area contributed by atoms with Gasteiger partial charge in [-0.15, -0.1) is 0 Å². The first-order valence-corrected chi connectivity index (χ1v) is 5.85. The normalized spacial score (nSPS) is 12.2. The molecule has 92 valence electrons. The van der Waals surface area contributed by atoms with E-state index in [1.54, 1.807) is 0 Å². The highest BCUT2D eigenvalue weighted by Crippen LogP contribution is 2.18. The number of nitro benzene ring substituents is 1. The van der Waals surface area contributed by atoms with E-state index in [0.29, 0.717) is 5.41 Å². The second-order valence-corrected chi connectivity index (χ2v) is 4.75. The van der Waals surface area contributed by atoms with Gasteiger partial charge < -0.3 is 9.84 Å². The topological polar surface area (TPSA) is 107 Å². The van der Waals surface area contributed by atoms with Crippen LogP contribution in [0.3, 0.4) is 0 Å². The van der Waals surface area contributed by atoms with E-state index in [0.717, 1.165) is 31.4 Å². The lowest BCUT2D eigenvalue weighted by Crippen LogP contribution is -1.99. The molecule has 0 unspecified atom stereocenters. The average Bonchev–Trinajstić information content (AvgIpc) is 2.28. The Labute approximate surface area is 97.0 Å². The molecule has 0 radical (unpaired) electrons. The number of aliphatic hydroxyl groups excluding tert-OH is 1. The molecular weight excluding hydrogens is 250 g/mol. The van der Waals surface area contributed by atoms with Crippen molar-refractivity contribution < 1.29 is 23.2 Å². The summed E-state index contributed by atoms with van der Waals surface area (Å²) in [5.74, 6) is -0.761. The van der Waals surface area contributed by atoms with Crippen LogP contribution in [0.2, 0.25) is 0 Å². The molecule has 0 saturated heterocycles. The fourth-order valence-corrected chi connectivity index (χ4v) is 2.02. The van der Waals surface area contributed by atoms with Gasteiger partial charge in [0.15, 0.2) is 0 Å². The molecule has 0 aliphatic heterocycles. The van der Waals surface area contributed by atoms with Gasteiger partial charge in [0.2, 0.25) is 9.84 Å². The summed E-state index contributed by atoms with van der Waals surface area (Å²) in [5, 5.41) is 19.8. The van der Waals surface area contributed by atoms with Gasteiger partial charge in [-0.1, -0.05) is 0 Å². The summed E-state index contributed by atoms with van der Waals surface area (Å²) in [6.45, 7) is 0. The standard InChI is InChI=1S/C9H9NO6S/c1-16-9(11)6-17(14,15)8-4-2-7(3-5-8)10(12)13/h2-6,11H,1H3/b9-6+. The number of hydrogen-bond acceptors (Lipinski definition) is 6. The van der Waals surface area contributed by atoms with Crippen molar-refractivity contribution in [2.45, 2.75) is 4.90 Å². The molecule has 0 saturated carbocycles. The molecule has 1 rings (SSSR count). The Bertz CT molecular complexity index is 545. The molecule has 0 aromatic heterocycles. The molecule has 0 fully saturated rings. The van der Waals surface area contributed by atoms with Gasteiger partial charge in [-0.05, 0) is 12.1 Å². The third-order valence-corrected chi connectivity index (χ3v) is 3.28. The molecule has 17 heavy (non-hydrogen) atoms. The number of hydrogen-bond donors (Lipinski definition) is 1. The molecule has 8 heteroatoms. The first-order valence-electron chi connectivity index (χ1n) is 4.31. The van der Waals surface area contributed by atoms with E-state index in [4.69, 9.17) is 5.11 Å². The molecule has 1 aromatic rings. The van der Waals surface area contributed by atoms with Crippen molar-refractivity contribution in [3.63, 3.8) is 0 Å². The Morgan fingerprint density at radius 2 is 1.94 bits per heavy atom. The fraction of sp³-hybridized carbons (Fsp3) is 0.111. The van der Waals surface area contributed by atoms with Crippen LogP contribution in [-0.2, 0) is 14.6 Å². The lowest BCUT2D eigenvalue weighted by atomic mass is 10.3. The second kappa shape index (κ2) is 4.83. The molecular formula is C9H9NO6S. The van der Waals surface area contributed by atoms with Crippen molar-refractivity contribution in [1.29, 1.82) is 0 Å². The van der Waals surface area contributed by atoms with Crippen LogP contribution in [0.25, 0.3) is 0 Å². The van der Waals surface area contributed by atoms with Crippen LogP contribution in [0, 0.1) is 10.1 Å². The van der Waals surface area contributed by atoms with Gasteiger partial charge >= 0.3 is 0 Å². The van der Waals surface area contributed by atoms with Gasteiger partial charge in [0, 0.05) is 12.1 Å². The number of sulfone groups is 1. The first kappa shape index (κ1) is 13.0. The Balaban J connectivity index is 3.13. The lowest BCUT2D eigenvalue weighted by Gasteiger charge is -2.00. The fourth-order valence-electron chi connectivity index (χ4n) is 1.01. The van der Waals surface area contributed by atoms with Crippen molar-refractivity contribution in [2.24, 2.45) is 0 Å². The smallest absolute Gasteiger partial charge is 0.288 e. The van der Waals surface area contributed by atoms with Crippen LogP contribution >= 0.6 is 0 Å². The minimum Gasteiger partial charge on any atom is -0.480 e. The highest BCUT2D eigenvalue weighted by molar-refractivity contribution is 7.94. The summed E-state index contributed by atoms with van der Waals surface area (Å²) in [6, 6.07) is 4.27. The summed E-state index contributed by atoms with van der Waals surface area (Å²) in [6.07, 6.45) is 0. The number of ether oxygens (including phenoxy) is 1. The van der Waals surface area contributed by atoms with E-state index in [1.165, 1.54) is 0 Å². The monoisotopic (exact) mass is 259 g/mol. The van der Waals surface area contributed by atoms with Gasteiger partial charge in [0.1, 0.15) is 5.41 Å². The van der Waals surface area contributed by atoms with Gasteiger partial charge in [-0.3, -0.25) is 10.1 Å². The van der Waals surface area contributed by atoms with Crippen LogP contribution in [0.15, 0.2) is 40.5 Å². The number of methoxy groups -OCH3 is 1. The minimum absolute atomic E-state index is 0.174. The van der Waals surface area contributed by atoms with Crippen molar-refractivity contribution >= 4 is 15.5 Å². The summed E-state index contributed by atoms with van der Waals surface area (Å²) in [7, 11) is -2.77. The van der Waals surface area contributed by atoms with Crippen molar-refractivity contribution in [2.75, 3.05) is 7.11 Å². The van der Waals surface area contributed by atoms with Crippen LogP contribution < -0.4 is 0 Å². The molecule has 0 spiro atoms. The number of rotatable bonds is 4. The first-order chi connectivity index (χ1) is 7.86. The summed E-state index contributed by atoms with van der Waals surface area (Å²) < 4.78 is 27.5. The molecule has 7 nitrogen and oxygen atoms in total. The largest absolute Gasteiger partial charge is 0.480 e. The predicted molar refractivity (Wildman–Crippen MR) is 58.0 cm³/mol. The number of non-ortho nitro benzene ring substituents is 1.